The highest BCUT2D eigenvalue weighted by molar-refractivity contribution is 6.00. The van der Waals surface area contributed by atoms with Crippen LogP contribution < -0.4 is 10.3 Å². The fourth-order valence-corrected chi connectivity index (χ4v) is 2.85. The third kappa shape index (κ3) is 4.25. The predicted octanol–water partition coefficient (Wildman–Crippen LogP) is 2.68. The Balaban J connectivity index is 1.68. The fourth-order valence-electron chi connectivity index (χ4n) is 2.85. The van der Waals surface area contributed by atoms with Gasteiger partial charge >= 0.3 is 5.97 Å². The lowest BCUT2D eigenvalue weighted by Crippen LogP contribution is -2.26. The number of nitrogens with zero attached hydrogens (tertiary/aromatic N) is 1. The summed E-state index contributed by atoms with van der Waals surface area (Å²) >= 11 is 0. The molecule has 1 atom stereocenters. The smallest absolute Gasteiger partial charge is 0.312 e. The minimum atomic E-state index is -0.945. The van der Waals surface area contributed by atoms with Gasteiger partial charge in [-0.2, -0.15) is 5.10 Å². The molecule has 0 saturated heterocycles. The van der Waals surface area contributed by atoms with E-state index in [1.807, 2.05) is 6.92 Å². The van der Waals surface area contributed by atoms with Crippen LogP contribution in [-0.2, 0) is 16.0 Å². The number of Topliss-reactive ketones (excluding diaryl/α,β-unsaturated/α-hetero) is 1. The average molecular weight is 380 g/mol. The molecule has 0 saturated carbocycles. The molecule has 0 radical (unpaired) electrons. The van der Waals surface area contributed by atoms with Crippen molar-refractivity contribution < 1.29 is 19.1 Å². The number of carbonyl (C=O) groups excluding carboxylic acids is 2. The summed E-state index contributed by atoms with van der Waals surface area (Å²) in [5, 5.41) is 7.34. The van der Waals surface area contributed by atoms with Crippen molar-refractivity contribution in [1.29, 1.82) is 0 Å². The van der Waals surface area contributed by atoms with Crippen molar-refractivity contribution >= 4 is 22.5 Å². The molecule has 0 aliphatic rings. The molecule has 1 N–H and O–H groups in total. The van der Waals surface area contributed by atoms with Gasteiger partial charge in [-0.3, -0.25) is 14.4 Å². The maximum absolute atomic E-state index is 12.5. The maximum atomic E-state index is 12.5. The van der Waals surface area contributed by atoms with E-state index in [4.69, 9.17) is 9.47 Å². The largest absolute Gasteiger partial charge is 0.494 e. The zero-order valence-corrected chi connectivity index (χ0v) is 15.6. The van der Waals surface area contributed by atoms with Crippen LogP contribution in [-0.4, -0.2) is 34.7 Å². The molecule has 3 aromatic rings. The summed E-state index contributed by atoms with van der Waals surface area (Å²) in [5.41, 5.74) is 0.490. The van der Waals surface area contributed by atoms with Crippen molar-refractivity contribution in [2.45, 2.75) is 26.4 Å². The maximum Gasteiger partial charge on any atom is 0.312 e. The van der Waals surface area contributed by atoms with Gasteiger partial charge in [0.25, 0.3) is 5.56 Å². The SMILES string of the molecule is CCOc1ccc(C(=O)C(C)OC(=O)Cc2n[nH]c(=O)c3ccccc23)cc1. The molecule has 0 fully saturated rings. The lowest BCUT2D eigenvalue weighted by molar-refractivity contribution is -0.145. The number of ketones is 1. The van der Waals surface area contributed by atoms with Gasteiger partial charge in [-0.25, -0.2) is 5.10 Å². The van der Waals surface area contributed by atoms with Gasteiger partial charge in [-0.1, -0.05) is 18.2 Å². The Hall–Kier alpha value is -3.48. The Morgan fingerprint density at radius 3 is 2.43 bits per heavy atom. The van der Waals surface area contributed by atoms with Gasteiger partial charge in [0.15, 0.2) is 6.10 Å². The molecule has 7 heteroatoms. The molecule has 1 heterocycles. The second-order valence-corrected chi connectivity index (χ2v) is 6.18. The molecule has 0 amide bonds. The van der Waals surface area contributed by atoms with E-state index >= 15 is 0 Å². The van der Waals surface area contributed by atoms with Crippen molar-refractivity contribution in [2.75, 3.05) is 6.61 Å². The van der Waals surface area contributed by atoms with Crippen molar-refractivity contribution in [3.8, 4) is 5.75 Å². The minimum Gasteiger partial charge on any atom is -0.494 e. The van der Waals surface area contributed by atoms with Crippen LogP contribution in [0.15, 0.2) is 53.3 Å². The molecule has 0 bridgehead atoms. The zero-order valence-electron chi connectivity index (χ0n) is 15.6. The van der Waals surface area contributed by atoms with E-state index in [9.17, 15) is 14.4 Å². The molecular formula is C21H20N2O5. The lowest BCUT2D eigenvalue weighted by atomic mass is 10.1. The number of aromatic nitrogens is 2. The summed E-state index contributed by atoms with van der Waals surface area (Å²) in [7, 11) is 0. The topological polar surface area (TPSA) is 98.3 Å². The van der Waals surface area contributed by atoms with E-state index in [-0.39, 0.29) is 17.8 Å². The number of hydrogen-bond donors (Lipinski definition) is 1. The van der Waals surface area contributed by atoms with Crippen molar-refractivity contribution in [2.24, 2.45) is 0 Å². The monoisotopic (exact) mass is 380 g/mol. The van der Waals surface area contributed by atoms with Crippen LogP contribution in [0, 0.1) is 0 Å². The van der Waals surface area contributed by atoms with Gasteiger partial charge in [-0.15, -0.1) is 0 Å². The van der Waals surface area contributed by atoms with Gasteiger partial charge in [-0.05, 0) is 44.2 Å². The molecule has 7 nitrogen and oxygen atoms in total. The number of benzene rings is 2. The number of nitrogens with one attached hydrogen (secondary N) is 1. The molecule has 1 unspecified atom stereocenters. The Bertz CT molecular complexity index is 1060. The Labute approximate surface area is 161 Å². The van der Waals surface area contributed by atoms with Crippen LogP contribution in [0.5, 0.6) is 5.75 Å². The summed E-state index contributed by atoms with van der Waals surface area (Å²) in [6.45, 7) is 3.94. The quantitative estimate of drug-likeness (QED) is 0.500. The number of carbonyl (C=O) groups is 2. The number of esters is 1. The summed E-state index contributed by atoms with van der Waals surface area (Å²) in [6.07, 6.45) is -1.10. The van der Waals surface area contributed by atoms with Crippen LogP contribution >= 0.6 is 0 Å². The molecule has 1 aromatic heterocycles. The molecule has 3 rings (SSSR count). The van der Waals surface area contributed by atoms with Crippen LogP contribution in [0.3, 0.4) is 0 Å². The molecule has 0 aliphatic carbocycles. The highest BCUT2D eigenvalue weighted by Crippen LogP contribution is 2.16. The van der Waals surface area contributed by atoms with Gasteiger partial charge in [0, 0.05) is 10.9 Å². The number of ether oxygens (including phenoxy) is 2. The lowest BCUT2D eigenvalue weighted by Gasteiger charge is -2.13. The average Bonchev–Trinajstić information content (AvgIpc) is 2.70. The minimum absolute atomic E-state index is 0.155. The zero-order chi connectivity index (χ0) is 20.1. The number of fused-ring (bicyclic) bond motifs is 1. The number of aromatic amines is 1. The summed E-state index contributed by atoms with van der Waals surface area (Å²) < 4.78 is 10.6. The summed E-state index contributed by atoms with van der Waals surface area (Å²) in [6, 6.07) is 13.5. The summed E-state index contributed by atoms with van der Waals surface area (Å²) in [4.78, 5) is 36.6. The first-order valence-corrected chi connectivity index (χ1v) is 8.92. The third-order valence-electron chi connectivity index (χ3n) is 4.21. The Kier molecular flexibility index (Phi) is 5.84. The van der Waals surface area contributed by atoms with Crippen LogP contribution in [0.4, 0.5) is 0 Å². The standard InChI is InChI=1S/C21H20N2O5/c1-3-27-15-10-8-14(9-11-15)20(25)13(2)28-19(24)12-18-16-6-4-5-7-17(16)21(26)23-22-18/h4-11,13H,3,12H2,1-2H3,(H,23,26). The highest BCUT2D eigenvalue weighted by atomic mass is 16.5. The Morgan fingerprint density at radius 2 is 1.75 bits per heavy atom. The second-order valence-electron chi connectivity index (χ2n) is 6.18. The molecule has 0 spiro atoms. The van der Waals surface area contributed by atoms with E-state index < -0.39 is 12.1 Å². The molecule has 2 aromatic carbocycles. The van der Waals surface area contributed by atoms with E-state index in [1.54, 1.807) is 48.5 Å². The molecule has 28 heavy (non-hydrogen) atoms. The number of hydrogen-bond acceptors (Lipinski definition) is 6. The third-order valence-corrected chi connectivity index (χ3v) is 4.21. The van der Waals surface area contributed by atoms with E-state index in [0.717, 1.165) is 0 Å². The van der Waals surface area contributed by atoms with Crippen LogP contribution in [0.25, 0.3) is 10.8 Å². The number of rotatable bonds is 7. The van der Waals surface area contributed by atoms with Crippen molar-refractivity contribution in [3.05, 3.63) is 70.1 Å². The van der Waals surface area contributed by atoms with Gasteiger partial charge in [0.05, 0.1) is 24.1 Å². The normalized spacial score (nSPS) is 11.8. The first kappa shape index (κ1) is 19.3. The fraction of sp³-hybridized carbons (Fsp3) is 0.238. The number of H-pyrrole nitrogens is 1. The van der Waals surface area contributed by atoms with Gasteiger partial charge in [0.1, 0.15) is 5.75 Å². The van der Waals surface area contributed by atoms with E-state index in [1.165, 1.54) is 6.92 Å². The van der Waals surface area contributed by atoms with E-state index in [0.29, 0.717) is 34.4 Å². The summed E-state index contributed by atoms with van der Waals surface area (Å²) in [5.74, 6) is -0.244. The molecule has 0 aliphatic heterocycles. The van der Waals surface area contributed by atoms with Gasteiger partial charge in [0.2, 0.25) is 5.78 Å². The van der Waals surface area contributed by atoms with Gasteiger partial charge < -0.3 is 9.47 Å². The second kappa shape index (κ2) is 8.47. The Morgan fingerprint density at radius 1 is 1.07 bits per heavy atom. The van der Waals surface area contributed by atoms with Crippen molar-refractivity contribution in [3.63, 3.8) is 0 Å². The predicted molar refractivity (Wildman–Crippen MR) is 104 cm³/mol. The highest BCUT2D eigenvalue weighted by Gasteiger charge is 2.21. The molecule has 144 valence electrons. The van der Waals surface area contributed by atoms with Crippen LogP contribution in [0.1, 0.15) is 29.9 Å². The van der Waals surface area contributed by atoms with E-state index in [2.05, 4.69) is 10.2 Å². The first-order chi connectivity index (χ1) is 13.5. The first-order valence-electron chi connectivity index (χ1n) is 8.92. The van der Waals surface area contributed by atoms with Crippen molar-refractivity contribution in [1.82, 2.24) is 10.2 Å². The molecular weight excluding hydrogens is 360 g/mol. The van der Waals surface area contributed by atoms with Crippen LogP contribution in [0.2, 0.25) is 0 Å².